The van der Waals surface area contributed by atoms with Crippen molar-refractivity contribution >= 4 is 5.96 Å². The lowest BCUT2D eigenvalue weighted by Gasteiger charge is -2.29. The van der Waals surface area contributed by atoms with Crippen LogP contribution in [0.1, 0.15) is 39.5 Å². The maximum Gasteiger partial charge on any atom is 0.186 e. The van der Waals surface area contributed by atoms with Crippen LogP contribution < -0.4 is 16.8 Å². The lowest BCUT2D eigenvalue weighted by atomic mass is 9.91. The fraction of sp³-hybridized carbons (Fsp3) is 0.900. The minimum atomic E-state index is 0.222. The summed E-state index contributed by atoms with van der Waals surface area (Å²) < 4.78 is 0. The van der Waals surface area contributed by atoms with Gasteiger partial charge in [0, 0.05) is 12.1 Å². The minimum Gasteiger partial charge on any atom is -0.370 e. The molecule has 1 aliphatic carbocycles. The van der Waals surface area contributed by atoms with Crippen molar-refractivity contribution in [3.8, 4) is 0 Å². The van der Waals surface area contributed by atoms with Gasteiger partial charge in [-0.25, -0.2) is 0 Å². The third-order valence-electron chi connectivity index (χ3n) is 2.55. The van der Waals surface area contributed by atoms with Gasteiger partial charge in [0.05, 0.1) is 6.04 Å². The zero-order valence-electron chi connectivity index (χ0n) is 9.16. The highest BCUT2D eigenvalue weighted by atomic mass is 15.0. The number of hydrogen-bond acceptors (Lipinski definition) is 2. The first-order valence-electron chi connectivity index (χ1n) is 5.42. The summed E-state index contributed by atoms with van der Waals surface area (Å²) >= 11 is 0. The average Bonchev–Trinajstić information content (AvgIpc) is 2.01. The Labute approximate surface area is 86.1 Å². The Morgan fingerprint density at radius 3 is 2.64 bits per heavy atom. The van der Waals surface area contributed by atoms with Gasteiger partial charge < -0.3 is 16.8 Å². The van der Waals surface area contributed by atoms with Gasteiger partial charge in [-0.15, -0.1) is 0 Å². The van der Waals surface area contributed by atoms with Crippen LogP contribution in [0.4, 0.5) is 0 Å². The van der Waals surface area contributed by atoms with E-state index in [2.05, 4.69) is 24.2 Å². The molecular weight excluding hydrogens is 176 g/mol. The molecule has 0 aliphatic heterocycles. The molecule has 14 heavy (non-hydrogen) atoms. The van der Waals surface area contributed by atoms with Crippen LogP contribution in [-0.2, 0) is 0 Å². The first kappa shape index (κ1) is 11.3. The normalized spacial score (nSPS) is 27.6. The smallest absolute Gasteiger partial charge is 0.186 e. The monoisotopic (exact) mass is 198 g/mol. The second kappa shape index (κ2) is 5.20. The van der Waals surface area contributed by atoms with Crippen LogP contribution in [-0.4, -0.2) is 24.1 Å². The molecule has 1 aliphatic rings. The van der Waals surface area contributed by atoms with Crippen LogP contribution in [0.15, 0.2) is 4.99 Å². The van der Waals surface area contributed by atoms with Crippen molar-refractivity contribution in [2.45, 2.75) is 57.7 Å². The third-order valence-corrected chi connectivity index (χ3v) is 2.55. The molecule has 82 valence electrons. The van der Waals surface area contributed by atoms with Crippen LogP contribution in [0.2, 0.25) is 0 Å². The van der Waals surface area contributed by atoms with E-state index < -0.39 is 0 Å². The Bertz CT molecular complexity index is 196. The number of nitrogens with zero attached hydrogens (tertiary/aromatic N) is 1. The van der Waals surface area contributed by atoms with Crippen LogP contribution in [0.25, 0.3) is 0 Å². The van der Waals surface area contributed by atoms with Crippen LogP contribution in [0.5, 0.6) is 0 Å². The van der Waals surface area contributed by atoms with E-state index >= 15 is 0 Å². The van der Waals surface area contributed by atoms with Crippen molar-refractivity contribution in [1.82, 2.24) is 5.32 Å². The summed E-state index contributed by atoms with van der Waals surface area (Å²) in [6.07, 6.45) is 4.64. The first-order chi connectivity index (χ1) is 6.58. The zero-order chi connectivity index (χ0) is 10.6. The van der Waals surface area contributed by atoms with E-state index in [4.69, 9.17) is 11.5 Å². The molecule has 0 saturated heterocycles. The molecule has 0 aromatic heterocycles. The van der Waals surface area contributed by atoms with E-state index in [0.29, 0.717) is 18.1 Å². The third kappa shape index (κ3) is 3.96. The van der Waals surface area contributed by atoms with Gasteiger partial charge in [0.25, 0.3) is 0 Å². The molecule has 0 heterocycles. The molecule has 0 amide bonds. The van der Waals surface area contributed by atoms with Crippen molar-refractivity contribution in [1.29, 1.82) is 0 Å². The van der Waals surface area contributed by atoms with E-state index in [1.165, 1.54) is 12.8 Å². The number of aliphatic imine (C=N–C) groups is 1. The Kier molecular flexibility index (Phi) is 4.20. The minimum absolute atomic E-state index is 0.222. The molecule has 2 unspecified atom stereocenters. The quantitative estimate of drug-likeness (QED) is 0.458. The molecule has 1 rings (SSSR count). The van der Waals surface area contributed by atoms with Gasteiger partial charge in [-0.2, -0.15) is 0 Å². The Hall–Kier alpha value is -0.770. The van der Waals surface area contributed by atoms with E-state index in [1.807, 2.05) is 0 Å². The molecule has 5 N–H and O–H groups in total. The van der Waals surface area contributed by atoms with Gasteiger partial charge in [-0.05, 0) is 25.7 Å². The van der Waals surface area contributed by atoms with E-state index in [-0.39, 0.29) is 5.96 Å². The maximum absolute atomic E-state index is 5.38. The highest BCUT2D eigenvalue weighted by Gasteiger charge is 2.21. The van der Waals surface area contributed by atoms with Gasteiger partial charge in [0.1, 0.15) is 0 Å². The van der Waals surface area contributed by atoms with Crippen molar-refractivity contribution in [2.75, 3.05) is 0 Å². The lowest BCUT2D eigenvalue weighted by Crippen LogP contribution is -2.40. The Balaban J connectivity index is 2.39. The van der Waals surface area contributed by atoms with Crippen molar-refractivity contribution < 1.29 is 0 Å². The van der Waals surface area contributed by atoms with E-state index in [1.54, 1.807) is 0 Å². The zero-order valence-corrected chi connectivity index (χ0v) is 9.16. The maximum atomic E-state index is 5.38. The Morgan fingerprint density at radius 1 is 1.36 bits per heavy atom. The molecule has 4 heteroatoms. The van der Waals surface area contributed by atoms with Gasteiger partial charge in [0.2, 0.25) is 0 Å². The largest absolute Gasteiger partial charge is 0.370 e. The van der Waals surface area contributed by atoms with Gasteiger partial charge in [0.15, 0.2) is 5.96 Å². The lowest BCUT2D eigenvalue weighted by molar-refractivity contribution is 0.324. The molecule has 0 aromatic rings. The summed E-state index contributed by atoms with van der Waals surface area (Å²) in [7, 11) is 0. The fourth-order valence-electron chi connectivity index (χ4n) is 2.11. The number of nitrogens with one attached hydrogen (secondary N) is 1. The predicted molar refractivity (Wildman–Crippen MR) is 60.1 cm³/mol. The number of nitrogens with two attached hydrogens (primary N) is 2. The molecular formula is C10H22N4. The first-order valence-corrected chi connectivity index (χ1v) is 5.42. The topological polar surface area (TPSA) is 76.4 Å². The standard InChI is InChI=1S/C10H22N4/c1-7(2)13-8-4-3-5-9(6-8)14-10(11)12/h7-9,13H,3-6H2,1-2H3,(H4,11,12,14). The molecule has 0 spiro atoms. The number of guanidine groups is 1. The molecule has 2 atom stereocenters. The summed E-state index contributed by atoms with van der Waals surface area (Å²) in [4.78, 5) is 4.23. The van der Waals surface area contributed by atoms with E-state index in [0.717, 1.165) is 12.8 Å². The van der Waals surface area contributed by atoms with Gasteiger partial charge in [-0.3, -0.25) is 4.99 Å². The van der Waals surface area contributed by atoms with Crippen LogP contribution in [0.3, 0.4) is 0 Å². The van der Waals surface area contributed by atoms with Crippen molar-refractivity contribution in [3.63, 3.8) is 0 Å². The summed E-state index contributed by atoms with van der Waals surface area (Å²) in [5.74, 6) is 0.222. The summed E-state index contributed by atoms with van der Waals surface area (Å²) in [6, 6.07) is 1.44. The van der Waals surface area contributed by atoms with Crippen LogP contribution >= 0.6 is 0 Å². The van der Waals surface area contributed by atoms with Crippen molar-refractivity contribution in [2.24, 2.45) is 16.5 Å². The molecule has 0 aromatic carbocycles. The SMILES string of the molecule is CC(C)NC1CCCC(N=C(N)N)C1. The second-order valence-corrected chi connectivity index (χ2v) is 4.39. The highest BCUT2D eigenvalue weighted by molar-refractivity contribution is 5.75. The van der Waals surface area contributed by atoms with Gasteiger partial charge >= 0.3 is 0 Å². The summed E-state index contributed by atoms with van der Waals surface area (Å²) in [5, 5.41) is 3.53. The molecule has 4 nitrogen and oxygen atoms in total. The summed E-state index contributed by atoms with van der Waals surface area (Å²) in [5.41, 5.74) is 10.8. The van der Waals surface area contributed by atoms with E-state index in [9.17, 15) is 0 Å². The Morgan fingerprint density at radius 2 is 2.07 bits per heavy atom. The predicted octanol–water partition coefficient (Wildman–Crippen LogP) is 0.569. The number of rotatable bonds is 3. The number of hydrogen-bond donors (Lipinski definition) is 3. The highest BCUT2D eigenvalue weighted by Crippen LogP contribution is 2.21. The second-order valence-electron chi connectivity index (χ2n) is 4.39. The molecule has 0 radical (unpaired) electrons. The summed E-state index contributed by atoms with van der Waals surface area (Å²) in [6.45, 7) is 4.34. The van der Waals surface area contributed by atoms with Crippen LogP contribution in [0, 0.1) is 0 Å². The fourth-order valence-corrected chi connectivity index (χ4v) is 2.11. The molecule has 1 fully saturated rings. The average molecular weight is 198 g/mol. The van der Waals surface area contributed by atoms with Crippen molar-refractivity contribution in [3.05, 3.63) is 0 Å². The molecule has 0 bridgehead atoms. The van der Waals surface area contributed by atoms with Gasteiger partial charge in [-0.1, -0.05) is 13.8 Å². The molecule has 1 saturated carbocycles.